The molecule has 0 radical (unpaired) electrons. The first-order chi connectivity index (χ1) is 9.61. The fraction of sp³-hybridized carbons (Fsp3) is 1.00. The molecule has 2 saturated carbocycles. The maximum atomic E-state index is 12.5. The van der Waals surface area contributed by atoms with Crippen LogP contribution in [0.4, 0.5) is 0 Å². The second-order valence-corrected chi connectivity index (χ2v) is 8.99. The van der Waals surface area contributed by atoms with Gasteiger partial charge in [-0.15, -0.1) is 0 Å². The standard InChI is InChI=1S/C16H31NO2S/c1-2-11-17-16(15-9-5-6-10-15)13-20(18,19)12-14-7-3-4-8-14/h14-17H,2-13H2,1H3. The summed E-state index contributed by atoms with van der Waals surface area (Å²) < 4.78 is 25.0. The maximum Gasteiger partial charge on any atom is 0.152 e. The Bertz CT molecular complexity index is 368. The highest BCUT2D eigenvalue weighted by atomic mass is 32.2. The van der Waals surface area contributed by atoms with E-state index in [-0.39, 0.29) is 6.04 Å². The van der Waals surface area contributed by atoms with Crippen molar-refractivity contribution in [3.8, 4) is 0 Å². The zero-order chi connectivity index (χ0) is 14.4. The quantitative estimate of drug-likeness (QED) is 0.749. The molecule has 1 N–H and O–H groups in total. The van der Waals surface area contributed by atoms with E-state index in [9.17, 15) is 8.42 Å². The molecule has 2 fully saturated rings. The Hall–Kier alpha value is -0.0900. The van der Waals surface area contributed by atoms with Crippen molar-refractivity contribution in [2.24, 2.45) is 11.8 Å². The van der Waals surface area contributed by atoms with Crippen LogP contribution in [-0.2, 0) is 9.84 Å². The van der Waals surface area contributed by atoms with Crippen LogP contribution in [0.2, 0.25) is 0 Å². The van der Waals surface area contributed by atoms with Gasteiger partial charge >= 0.3 is 0 Å². The molecule has 0 amide bonds. The SMILES string of the molecule is CCCNC(CS(=O)(=O)CC1CCCC1)C1CCCC1. The van der Waals surface area contributed by atoms with Gasteiger partial charge in [-0.2, -0.15) is 0 Å². The summed E-state index contributed by atoms with van der Waals surface area (Å²) in [5.41, 5.74) is 0. The summed E-state index contributed by atoms with van der Waals surface area (Å²) in [5.74, 6) is 1.83. The van der Waals surface area contributed by atoms with Gasteiger partial charge in [-0.25, -0.2) is 8.42 Å². The van der Waals surface area contributed by atoms with Crippen LogP contribution in [0.3, 0.4) is 0 Å². The Balaban J connectivity index is 1.90. The van der Waals surface area contributed by atoms with E-state index < -0.39 is 9.84 Å². The minimum Gasteiger partial charge on any atom is -0.313 e. The molecule has 0 saturated heterocycles. The highest BCUT2D eigenvalue weighted by molar-refractivity contribution is 7.91. The number of nitrogens with one attached hydrogen (secondary N) is 1. The third-order valence-corrected chi connectivity index (χ3v) is 6.87. The molecule has 0 bridgehead atoms. The molecule has 4 heteroatoms. The molecule has 0 aromatic heterocycles. The Morgan fingerprint density at radius 3 is 2.25 bits per heavy atom. The highest BCUT2D eigenvalue weighted by Crippen LogP contribution is 2.30. The van der Waals surface area contributed by atoms with Crippen LogP contribution in [0, 0.1) is 11.8 Å². The summed E-state index contributed by atoms with van der Waals surface area (Å²) in [6.45, 7) is 3.09. The average Bonchev–Trinajstić information content (AvgIpc) is 3.06. The van der Waals surface area contributed by atoms with Gasteiger partial charge in [-0.1, -0.05) is 32.6 Å². The van der Waals surface area contributed by atoms with Gasteiger partial charge in [-0.05, 0) is 50.5 Å². The van der Waals surface area contributed by atoms with E-state index in [2.05, 4.69) is 12.2 Å². The van der Waals surface area contributed by atoms with Crippen LogP contribution in [0.1, 0.15) is 64.7 Å². The van der Waals surface area contributed by atoms with Crippen LogP contribution in [-0.4, -0.2) is 32.5 Å². The molecule has 3 nitrogen and oxygen atoms in total. The van der Waals surface area contributed by atoms with Gasteiger partial charge in [0.05, 0.1) is 11.5 Å². The van der Waals surface area contributed by atoms with E-state index >= 15 is 0 Å². The van der Waals surface area contributed by atoms with Crippen molar-refractivity contribution in [1.29, 1.82) is 0 Å². The predicted molar refractivity (Wildman–Crippen MR) is 84.7 cm³/mol. The van der Waals surface area contributed by atoms with Crippen molar-refractivity contribution in [1.82, 2.24) is 5.32 Å². The lowest BCUT2D eigenvalue weighted by atomic mass is 10.00. The molecule has 2 aliphatic carbocycles. The molecule has 0 heterocycles. The number of rotatable bonds is 8. The maximum absolute atomic E-state index is 12.5. The second-order valence-electron chi connectivity index (χ2n) is 6.83. The molecular formula is C16H31NO2S. The Morgan fingerprint density at radius 2 is 1.65 bits per heavy atom. The third-order valence-electron chi connectivity index (χ3n) is 5.02. The molecule has 2 aliphatic rings. The monoisotopic (exact) mass is 301 g/mol. The fourth-order valence-electron chi connectivity index (χ4n) is 3.93. The average molecular weight is 301 g/mol. The van der Waals surface area contributed by atoms with Gasteiger partial charge in [-0.3, -0.25) is 0 Å². The summed E-state index contributed by atoms with van der Waals surface area (Å²) in [7, 11) is -2.89. The van der Waals surface area contributed by atoms with Gasteiger partial charge in [0.15, 0.2) is 9.84 Å². The van der Waals surface area contributed by atoms with Gasteiger partial charge < -0.3 is 5.32 Å². The number of sulfone groups is 1. The molecule has 0 spiro atoms. The molecule has 0 aromatic carbocycles. The molecule has 0 aromatic rings. The Kier molecular flexibility index (Phi) is 6.34. The van der Waals surface area contributed by atoms with E-state index in [1.54, 1.807) is 0 Å². The van der Waals surface area contributed by atoms with Crippen LogP contribution in [0.5, 0.6) is 0 Å². The number of hydrogen-bond donors (Lipinski definition) is 1. The van der Waals surface area contributed by atoms with Crippen molar-refractivity contribution in [2.45, 2.75) is 70.8 Å². The lowest BCUT2D eigenvalue weighted by Crippen LogP contribution is -2.42. The molecule has 118 valence electrons. The predicted octanol–water partition coefficient (Wildman–Crippen LogP) is 3.15. The third kappa shape index (κ3) is 5.03. The van der Waals surface area contributed by atoms with Crippen LogP contribution >= 0.6 is 0 Å². The molecule has 1 atom stereocenters. The summed E-state index contributed by atoms with van der Waals surface area (Å²) in [4.78, 5) is 0. The van der Waals surface area contributed by atoms with E-state index in [1.165, 1.54) is 38.5 Å². The van der Waals surface area contributed by atoms with E-state index in [1.807, 2.05) is 0 Å². The lowest BCUT2D eigenvalue weighted by molar-refractivity contribution is 0.381. The normalized spacial score (nSPS) is 23.4. The van der Waals surface area contributed by atoms with Crippen molar-refractivity contribution in [3.05, 3.63) is 0 Å². The minimum absolute atomic E-state index is 0.198. The van der Waals surface area contributed by atoms with Crippen LogP contribution in [0.15, 0.2) is 0 Å². The molecule has 2 rings (SSSR count). The first-order valence-corrected chi connectivity index (χ1v) is 10.4. The second kappa shape index (κ2) is 7.79. The molecule has 1 unspecified atom stereocenters. The molecule has 20 heavy (non-hydrogen) atoms. The number of hydrogen-bond acceptors (Lipinski definition) is 3. The van der Waals surface area contributed by atoms with Gasteiger partial charge in [0, 0.05) is 6.04 Å². The van der Waals surface area contributed by atoms with E-state index in [0.29, 0.717) is 23.3 Å². The van der Waals surface area contributed by atoms with E-state index in [0.717, 1.165) is 25.8 Å². The molecular weight excluding hydrogens is 270 g/mol. The first-order valence-electron chi connectivity index (χ1n) is 8.54. The minimum atomic E-state index is -2.89. The van der Waals surface area contributed by atoms with E-state index in [4.69, 9.17) is 0 Å². The van der Waals surface area contributed by atoms with Crippen LogP contribution < -0.4 is 5.32 Å². The summed E-state index contributed by atoms with van der Waals surface area (Å²) in [5, 5.41) is 3.51. The highest BCUT2D eigenvalue weighted by Gasteiger charge is 2.30. The summed E-state index contributed by atoms with van der Waals surface area (Å²) in [6.07, 6.45) is 10.7. The van der Waals surface area contributed by atoms with Gasteiger partial charge in [0.25, 0.3) is 0 Å². The van der Waals surface area contributed by atoms with Crippen molar-refractivity contribution >= 4 is 9.84 Å². The smallest absolute Gasteiger partial charge is 0.152 e. The van der Waals surface area contributed by atoms with Crippen LogP contribution in [0.25, 0.3) is 0 Å². The van der Waals surface area contributed by atoms with Gasteiger partial charge in [0.1, 0.15) is 0 Å². The zero-order valence-corrected chi connectivity index (χ0v) is 13.8. The van der Waals surface area contributed by atoms with Crippen molar-refractivity contribution < 1.29 is 8.42 Å². The topological polar surface area (TPSA) is 46.2 Å². The summed E-state index contributed by atoms with van der Waals surface area (Å²) >= 11 is 0. The summed E-state index contributed by atoms with van der Waals surface area (Å²) in [6, 6.07) is 0.198. The Labute approximate surface area is 124 Å². The van der Waals surface area contributed by atoms with Crippen molar-refractivity contribution in [2.75, 3.05) is 18.1 Å². The molecule has 0 aliphatic heterocycles. The lowest BCUT2D eigenvalue weighted by Gasteiger charge is -2.25. The largest absolute Gasteiger partial charge is 0.313 e. The Morgan fingerprint density at radius 1 is 1.05 bits per heavy atom. The van der Waals surface area contributed by atoms with Crippen molar-refractivity contribution in [3.63, 3.8) is 0 Å². The van der Waals surface area contributed by atoms with Gasteiger partial charge in [0.2, 0.25) is 0 Å². The zero-order valence-electron chi connectivity index (χ0n) is 12.9. The first kappa shape index (κ1) is 16.3. The fourth-order valence-corrected chi connectivity index (χ4v) is 6.05.